The number of carboxylic acids is 1. The first-order valence-electron chi connectivity index (χ1n) is 11.5. The summed E-state index contributed by atoms with van der Waals surface area (Å²) < 4.78 is 6.75. The molecule has 0 radical (unpaired) electrons. The van der Waals surface area contributed by atoms with Gasteiger partial charge in [-0.3, -0.25) is 0 Å². The zero-order valence-corrected chi connectivity index (χ0v) is 17.1. The first-order valence-corrected chi connectivity index (χ1v) is 11.5. The van der Waals surface area contributed by atoms with Crippen LogP contribution in [0.3, 0.4) is 0 Å². The van der Waals surface area contributed by atoms with Crippen molar-refractivity contribution in [3.05, 3.63) is 0 Å². The number of aliphatic carboxylic acids is 1. The maximum atomic E-state index is 12.0. The lowest BCUT2D eigenvalue weighted by molar-refractivity contribution is -0.668. The summed E-state index contributed by atoms with van der Waals surface area (Å²) >= 11 is 0. The number of ether oxygens (including phenoxy) is 1. The fourth-order valence-corrected chi connectivity index (χ4v) is 7.18. The predicted octanol–water partition coefficient (Wildman–Crippen LogP) is 0.676. The van der Waals surface area contributed by atoms with Crippen molar-refractivity contribution in [2.45, 2.75) is 88.5 Å². The number of quaternary nitrogens is 1. The molecule has 4 aliphatic rings. The van der Waals surface area contributed by atoms with Crippen molar-refractivity contribution in [3.63, 3.8) is 0 Å². The van der Waals surface area contributed by atoms with E-state index in [2.05, 4.69) is 24.7 Å². The Hall–Kier alpha value is -0.650. The highest BCUT2D eigenvalue weighted by Gasteiger charge is 2.53. The van der Waals surface area contributed by atoms with Gasteiger partial charge in [0.15, 0.2) is 0 Å². The van der Waals surface area contributed by atoms with Gasteiger partial charge in [-0.25, -0.2) is 0 Å². The molecule has 154 valence electrons. The first-order chi connectivity index (χ1) is 13.1. The van der Waals surface area contributed by atoms with Crippen LogP contribution in [-0.2, 0) is 9.53 Å². The van der Waals surface area contributed by atoms with E-state index in [0.29, 0.717) is 48.0 Å². The highest BCUT2D eigenvalue weighted by atomic mass is 16.5. The van der Waals surface area contributed by atoms with E-state index in [1.165, 1.54) is 32.1 Å². The Bertz CT molecular complexity index is 500. The van der Waals surface area contributed by atoms with Gasteiger partial charge in [-0.15, -0.1) is 0 Å². The number of hydrogen-bond donors (Lipinski definition) is 2. The standard InChI is InChI=1S/C22H38N2O3/c1-23-13-7-9-17-19(11-13)27-20-12-14(24-2)8-10-18(20)21(17)15-5-3-4-6-16(15)22(25)26/h13-21,23-24H,3-12H2,1-2H3,(H,25,26)/t13-,14+,15?,16?,17?,18?,19-,20?,21+/m1/s1. The van der Waals surface area contributed by atoms with E-state index in [1.54, 1.807) is 0 Å². The Kier molecular flexibility index (Phi) is 6.10. The SMILES string of the molecule is CN[C@H]1CCC2C(C1)O[C@@H]1C[C@H]([NH2+]C)CCC1[C@@H]2C1CCCCC1C(=O)[O-]. The van der Waals surface area contributed by atoms with Gasteiger partial charge in [0, 0.05) is 24.3 Å². The van der Waals surface area contributed by atoms with Gasteiger partial charge in [0.25, 0.3) is 0 Å². The number of carboxylic acid groups (broad SMARTS) is 1. The molecule has 1 aliphatic heterocycles. The van der Waals surface area contributed by atoms with Crippen LogP contribution in [0.25, 0.3) is 0 Å². The van der Waals surface area contributed by atoms with Crippen LogP contribution < -0.4 is 15.7 Å². The second-order valence-electron chi connectivity index (χ2n) is 9.70. The van der Waals surface area contributed by atoms with Gasteiger partial charge >= 0.3 is 0 Å². The summed E-state index contributed by atoms with van der Waals surface area (Å²) in [5.74, 6) is 0.898. The second kappa shape index (κ2) is 8.38. The van der Waals surface area contributed by atoms with E-state index in [-0.39, 0.29) is 5.92 Å². The van der Waals surface area contributed by atoms with Gasteiger partial charge in [-0.1, -0.05) is 12.8 Å². The van der Waals surface area contributed by atoms with Gasteiger partial charge in [0.2, 0.25) is 0 Å². The Labute approximate surface area is 164 Å². The molecule has 1 saturated heterocycles. The van der Waals surface area contributed by atoms with E-state index >= 15 is 0 Å². The summed E-state index contributed by atoms with van der Waals surface area (Å²) in [5, 5.41) is 17.8. The average molecular weight is 379 g/mol. The third-order valence-corrected chi connectivity index (χ3v) is 8.56. The summed E-state index contributed by atoms with van der Waals surface area (Å²) in [5.41, 5.74) is 0. The fraction of sp³-hybridized carbons (Fsp3) is 0.955. The summed E-state index contributed by atoms with van der Waals surface area (Å²) in [6.45, 7) is 0. The zero-order valence-electron chi connectivity index (χ0n) is 17.1. The molecule has 5 unspecified atom stereocenters. The van der Waals surface area contributed by atoms with Crippen molar-refractivity contribution in [3.8, 4) is 0 Å². The zero-order chi connectivity index (χ0) is 19.0. The summed E-state index contributed by atoms with van der Waals surface area (Å²) in [7, 11) is 4.24. The van der Waals surface area contributed by atoms with Crippen LogP contribution in [-0.4, -0.2) is 44.4 Å². The molecule has 4 rings (SSSR count). The number of nitrogens with two attached hydrogens (primary N) is 1. The number of fused-ring (bicyclic) bond motifs is 2. The molecule has 0 spiro atoms. The molecule has 5 heteroatoms. The molecule has 0 aromatic rings. The highest BCUT2D eigenvalue weighted by molar-refractivity contribution is 5.68. The number of carbonyl (C=O) groups excluding carboxylic acids is 1. The molecule has 5 nitrogen and oxygen atoms in total. The summed E-state index contributed by atoms with van der Waals surface area (Å²) in [4.78, 5) is 12.0. The first kappa shape index (κ1) is 19.7. The fourth-order valence-electron chi connectivity index (χ4n) is 7.18. The van der Waals surface area contributed by atoms with Crippen molar-refractivity contribution >= 4 is 5.97 Å². The molecule has 3 aliphatic carbocycles. The molecule has 4 fully saturated rings. The van der Waals surface area contributed by atoms with Gasteiger partial charge < -0.3 is 25.3 Å². The minimum Gasteiger partial charge on any atom is -0.550 e. The van der Waals surface area contributed by atoms with Crippen LogP contribution in [0.1, 0.15) is 64.2 Å². The van der Waals surface area contributed by atoms with Crippen molar-refractivity contribution in [2.24, 2.45) is 29.6 Å². The molecule has 27 heavy (non-hydrogen) atoms. The van der Waals surface area contributed by atoms with E-state index in [1.807, 2.05) is 0 Å². The molecular weight excluding hydrogens is 340 g/mol. The van der Waals surface area contributed by atoms with E-state index in [9.17, 15) is 9.90 Å². The number of rotatable bonds is 4. The number of carbonyl (C=O) groups is 1. The van der Waals surface area contributed by atoms with Crippen LogP contribution in [0.15, 0.2) is 0 Å². The maximum Gasteiger partial charge on any atom is 0.0882 e. The van der Waals surface area contributed by atoms with Crippen molar-refractivity contribution in [2.75, 3.05) is 14.1 Å². The number of hydrogen-bond acceptors (Lipinski definition) is 4. The molecule has 3 saturated carbocycles. The van der Waals surface area contributed by atoms with Gasteiger partial charge in [-0.2, -0.15) is 0 Å². The number of nitrogens with one attached hydrogen (secondary N) is 1. The lowest BCUT2D eigenvalue weighted by Gasteiger charge is -2.56. The monoisotopic (exact) mass is 378 g/mol. The molecule has 3 N–H and O–H groups in total. The van der Waals surface area contributed by atoms with Crippen LogP contribution in [0.4, 0.5) is 0 Å². The molecule has 0 aromatic carbocycles. The molecule has 9 atom stereocenters. The quantitative estimate of drug-likeness (QED) is 0.754. The van der Waals surface area contributed by atoms with Crippen LogP contribution in [0.2, 0.25) is 0 Å². The molecular formula is C22H38N2O3. The third-order valence-electron chi connectivity index (χ3n) is 8.56. The van der Waals surface area contributed by atoms with E-state index in [0.717, 1.165) is 32.1 Å². The Morgan fingerprint density at radius 1 is 0.963 bits per heavy atom. The normalized spacial score (nSPS) is 47.7. The highest BCUT2D eigenvalue weighted by Crippen LogP contribution is 2.53. The van der Waals surface area contributed by atoms with Gasteiger partial charge in [0.1, 0.15) is 0 Å². The molecule has 1 heterocycles. The lowest BCUT2D eigenvalue weighted by Crippen LogP contribution is -2.87. The molecule has 0 amide bonds. The topological polar surface area (TPSA) is 78.0 Å². The minimum absolute atomic E-state index is 0.236. The largest absolute Gasteiger partial charge is 0.550 e. The Morgan fingerprint density at radius 2 is 1.67 bits per heavy atom. The third kappa shape index (κ3) is 3.79. The van der Waals surface area contributed by atoms with Gasteiger partial charge in [-0.05, 0) is 75.7 Å². The summed E-state index contributed by atoms with van der Waals surface area (Å²) in [6.07, 6.45) is 11.8. The molecule has 0 aromatic heterocycles. The minimum atomic E-state index is -0.793. The van der Waals surface area contributed by atoms with E-state index < -0.39 is 5.97 Å². The maximum absolute atomic E-state index is 12.0. The lowest BCUT2D eigenvalue weighted by atomic mass is 9.56. The molecule has 0 bridgehead atoms. The van der Waals surface area contributed by atoms with Crippen molar-refractivity contribution in [1.29, 1.82) is 0 Å². The van der Waals surface area contributed by atoms with Crippen LogP contribution >= 0.6 is 0 Å². The predicted molar refractivity (Wildman–Crippen MR) is 102 cm³/mol. The van der Waals surface area contributed by atoms with Crippen LogP contribution in [0, 0.1) is 29.6 Å². The second-order valence-corrected chi connectivity index (χ2v) is 9.70. The van der Waals surface area contributed by atoms with Crippen LogP contribution in [0.5, 0.6) is 0 Å². The van der Waals surface area contributed by atoms with Gasteiger partial charge in [0.05, 0.1) is 25.3 Å². The smallest absolute Gasteiger partial charge is 0.0882 e. The Balaban J connectivity index is 1.62. The van der Waals surface area contributed by atoms with E-state index in [4.69, 9.17) is 4.74 Å². The summed E-state index contributed by atoms with van der Waals surface area (Å²) in [6, 6.07) is 1.21. The van der Waals surface area contributed by atoms with Crippen molar-refractivity contribution < 1.29 is 20.0 Å². The van der Waals surface area contributed by atoms with Crippen molar-refractivity contribution in [1.82, 2.24) is 5.32 Å². The average Bonchev–Trinajstić information content (AvgIpc) is 2.71. The Morgan fingerprint density at radius 3 is 2.37 bits per heavy atom.